The van der Waals surface area contributed by atoms with Crippen molar-refractivity contribution in [2.75, 3.05) is 6.61 Å². The first kappa shape index (κ1) is 15.7. The smallest absolute Gasteiger partial charge is 0.312 e. The van der Waals surface area contributed by atoms with Crippen LogP contribution >= 0.6 is 0 Å². The minimum atomic E-state index is -0.200. The van der Waals surface area contributed by atoms with Crippen LogP contribution in [0.25, 0.3) is 0 Å². The summed E-state index contributed by atoms with van der Waals surface area (Å²) >= 11 is 0. The van der Waals surface area contributed by atoms with E-state index in [-0.39, 0.29) is 11.4 Å². The number of carbonyl (C=O) groups excluding carboxylic acids is 1. The molecule has 0 aromatic heterocycles. The third kappa shape index (κ3) is 2.23. The van der Waals surface area contributed by atoms with Gasteiger partial charge < -0.3 is 4.74 Å². The van der Waals surface area contributed by atoms with Gasteiger partial charge in [-0.1, -0.05) is 38.8 Å². The summed E-state index contributed by atoms with van der Waals surface area (Å²) in [7, 11) is 0. The summed E-state index contributed by atoms with van der Waals surface area (Å²) in [6.07, 6.45) is 12.1. The molecule has 3 fully saturated rings. The molecule has 0 amide bonds. The number of ether oxygens (including phenoxy) is 1. The maximum atomic E-state index is 12.9. The first-order valence-electron chi connectivity index (χ1n) is 9.94. The first-order valence-corrected chi connectivity index (χ1v) is 9.94. The minimum absolute atomic E-state index is 0.116. The molecule has 0 N–H and O–H groups in total. The Balaban J connectivity index is 1.43. The molecule has 4 aliphatic carbocycles. The Morgan fingerprint density at radius 2 is 1.96 bits per heavy atom. The van der Waals surface area contributed by atoms with E-state index in [1.807, 2.05) is 0 Å². The van der Waals surface area contributed by atoms with E-state index in [0.29, 0.717) is 18.4 Å². The van der Waals surface area contributed by atoms with Crippen molar-refractivity contribution >= 4 is 5.97 Å². The third-order valence-corrected chi connectivity index (χ3v) is 7.84. The van der Waals surface area contributed by atoms with Crippen LogP contribution in [-0.2, 0) is 9.53 Å². The van der Waals surface area contributed by atoms with E-state index in [4.69, 9.17) is 4.74 Å². The van der Waals surface area contributed by atoms with Crippen LogP contribution in [-0.4, -0.2) is 12.6 Å². The Bertz CT molecular complexity index is 510. The molecule has 128 valence electrons. The maximum Gasteiger partial charge on any atom is 0.312 e. The Hall–Kier alpha value is -0.790. The summed E-state index contributed by atoms with van der Waals surface area (Å²) in [6, 6.07) is 0. The average Bonchev–Trinajstić information content (AvgIpc) is 3.28. The van der Waals surface area contributed by atoms with Gasteiger partial charge in [0.15, 0.2) is 0 Å². The van der Waals surface area contributed by atoms with Gasteiger partial charge in [-0.2, -0.15) is 0 Å². The molecule has 0 spiro atoms. The van der Waals surface area contributed by atoms with Crippen molar-refractivity contribution in [3.63, 3.8) is 0 Å². The average molecular weight is 316 g/mol. The number of hydrogen-bond donors (Lipinski definition) is 0. The fourth-order valence-corrected chi connectivity index (χ4v) is 6.78. The molecule has 0 heterocycles. The minimum Gasteiger partial charge on any atom is -0.465 e. The van der Waals surface area contributed by atoms with Gasteiger partial charge in [0.05, 0.1) is 12.0 Å². The van der Waals surface area contributed by atoms with Crippen LogP contribution in [0.4, 0.5) is 0 Å². The normalized spacial score (nSPS) is 47.1. The Morgan fingerprint density at radius 1 is 1.22 bits per heavy atom. The van der Waals surface area contributed by atoms with Crippen molar-refractivity contribution in [2.45, 2.75) is 59.3 Å². The predicted octanol–water partition coefficient (Wildman–Crippen LogP) is 4.84. The molecule has 0 saturated heterocycles. The number of carbonyl (C=O) groups is 1. The molecule has 8 unspecified atom stereocenters. The van der Waals surface area contributed by atoms with Crippen molar-refractivity contribution < 1.29 is 9.53 Å². The molecule has 8 atom stereocenters. The zero-order valence-electron chi connectivity index (χ0n) is 15.0. The summed E-state index contributed by atoms with van der Waals surface area (Å²) < 4.78 is 5.86. The van der Waals surface area contributed by atoms with E-state index in [9.17, 15) is 4.79 Å². The van der Waals surface area contributed by atoms with E-state index in [2.05, 4.69) is 32.9 Å². The summed E-state index contributed by atoms with van der Waals surface area (Å²) in [5, 5.41) is 0. The van der Waals surface area contributed by atoms with E-state index in [1.54, 1.807) is 0 Å². The van der Waals surface area contributed by atoms with Crippen LogP contribution in [0.1, 0.15) is 59.3 Å². The molecule has 4 bridgehead atoms. The van der Waals surface area contributed by atoms with Gasteiger partial charge in [-0.3, -0.25) is 4.79 Å². The lowest BCUT2D eigenvalue weighted by molar-refractivity contribution is -0.162. The van der Waals surface area contributed by atoms with Crippen molar-refractivity contribution in [1.82, 2.24) is 0 Å². The quantitative estimate of drug-likeness (QED) is 0.398. The lowest BCUT2D eigenvalue weighted by atomic mass is 9.63. The van der Waals surface area contributed by atoms with Gasteiger partial charge in [0, 0.05) is 0 Å². The van der Waals surface area contributed by atoms with Gasteiger partial charge >= 0.3 is 5.97 Å². The van der Waals surface area contributed by atoms with Gasteiger partial charge in [-0.05, 0) is 74.0 Å². The number of rotatable bonds is 6. The van der Waals surface area contributed by atoms with Crippen LogP contribution in [0.2, 0.25) is 0 Å². The van der Waals surface area contributed by atoms with E-state index in [0.717, 1.165) is 42.4 Å². The van der Waals surface area contributed by atoms with Crippen molar-refractivity contribution in [3.05, 3.63) is 12.2 Å². The Morgan fingerprint density at radius 3 is 2.65 bits per heavy atom. The number of fused-ring (bicyclic) bond motifs is 9. The van der Waals surface area contributed by atoms with E-state index in [1.165, 1.54) is 25.7 Å². The monoisotopic (exact) mass is 316 g/mol. The van der Waals surface area contributed by atoms with Gasteiger partial charge in [0.2, 0.25) is 0 Å². The molecule has 0 aromatic carbocycles. The van der Waals surface area contributed by atoms with Crippen molar-refractivity contribution in [2.24, 2.45) is 46.8 Å². The number of esters is 1. The van der Waals surface area contributed by atoms with E-state index < -0.39 is 0 Å². The Labute approximate surface area is 141 Å². The molecule has 4 rings (SSSR count). The highest BCUT2D eigenvalue weighted by atomic mass is 16.5. The molecule has 0 radical (unpaired) electrons. The van der Waals surface area contributed by atoms with Crippen LogP contribution in [0.3, 0.4) is 0 Å². The van der Waals surface area contributed by atoms with Gasteiger partial charge in [0.1, 0.15) is 0 Å². The van der Waals surface area contributed by atoms with Crippen LogP contribution in [0, 0.1) is 46.8 Å². The molecule has 2 heteroatoms. The predicted molar refractivity (Wildman–Crippen MR) is 91.7 cm³/mol. The van der Waals surface area contributed by atoms with Crippen LogP contribution < -0.4 is 0 Å². The number of hydrogen-bond acceptors (Lipinski definition) is 2. The van der Waals surface area contributed by atoms with Gasteiger partial charge in [0.25, 0.3) is 0 Å². The van der Waals surface area contributed by atoms with Crippen LogP contribution in [0.15, 0.2) is 12.2 Å². The second kappa shape index (κ2) is 5.63. The van der Waals surface area contributed by atoms with E-state index >= 15 is 0 Å². The highest BCUT2D eigenvalue weighted by molar-refractivity contribution is 5.77. The molecule has 0 aromatic rings. The standard InChI is InChI=1S/C21H32O2/c1-4-6-13(5-2)12-23-20(22)21(3)11-16-10-17(21)19-15-8-7-14(9-15)18(16)19/h7-8,13-19H,4-6,9-12H2,1-3H3. The highest BCUT2D eigenvalue weighted by Gasteiger charge is 2.66. The Kier molecular flexibility index (Phi) is 3.85. The fourth-order valence-electron chi connectivity index (χ4n) is 6.78. The zero-order chi connectivity index (χ0) is 16.2. The van der Waals surface area contributed by atoms with Crippen molar-refractivity contribution in [3.8, 4) is 0 Å². The summed E-state index contributed by atoms with van der Waals surface area (Å²) in [4.78, 5) is 12.9. The second-order valence-corrected chi connectivity index (χ2v) is 8.99. The van der Waals surface area contributed by atoms with Crippen LogP contribution in [0.5, 0.6) is 0 Å². The second-order valence-electron chi connectivity index (χ2n) is 8.99. The fraction of sp³-hybridized carbons (Fsp3) is 0.857. The third-order valence-electron chi connectivity index (χ3n) is 7.84. The van der Waals surface area contributed by atoms with Gasteiger partial charge in [-0.15, -0.1) is 0 Å². The molecule has 4 aliphatic rings. The lowest BCUT2D eigenvalue weighted by Gasteiger charge is -2.41. The molecule has 2 nitrogen and oxygen atoms in total. The maximum absolute atomic E-state index is 12.9. The molecule has 23 heavy (non-hydrogen) atoms. The molecule has 3 saturated carbocycles. The largest absolute Gasteiger partial charge is 0.465 e. The topological polar surface area (TPSA) is 26.3 Å². The lowest BCUT2D eigenvalue weighted by Crippen LogP contribution is -2.43. The molecular weight excluding hydrogens is 284 g/mol. The highest BCUT2D eigenvalue weighted by Crippen LogP contribution is 2.70. The summed E-state index contributed by atoms with van der Waals surface area (Å²) in [5.41, 5.74) is -0.200. The zero-order valence-corrected chi connectivity index (χ0v) is 15.0. The SMILES string of the molecule is CCCC(CC)COC(=O)C1(C)CC2CC1C1C3C=CC(C3)C21. The molecule has 0 aliphatic heterocycles. The number of allylic oxidation sites excluding steroid dienone is 2. The molecular formula is C21H32O2. The summed E-state index contributed by atoms with van der Waals surface area (Å²) in [6.45, 7) is 7.27. The van der Waals surface area contributed by atoms with Crippen molar-refractivity contribution in [1.29, 1.82) is 0 Å². The summed E-state index contributed by atoms with van der Waals surface area (Å²) in [5.74, 6) is 5.27. The first-order chi connectivity index (χ1) is 11.1. The van der Waals surface area contributed by atoms with Gasteiger partial charge in [-0.25, -0.2) is 0 Å².